The number of aromatic nitrogens is 9. The van der Waals surface area contributed by atoms with Crippen LogP contribution in [0.25, 0.3) is 221 Å². The highest BCUT2D eigenvalue weighted by atomic mass is 15.0. The summed E-state index contributed by atoms with van der Waals surface area (Å²) >= 11 is 0. The Morgan fingerprint density at radius 3 is 0.873 bits per heavy atom. The molecule has 0 spiro atoms. The summed E-state index contributed by atoms with van der Waals surface area (Å²) in [4.78, 5) is 25.4. The third-order valence-corrected chi connectivity index (χ3v) is 23.4. The van der Waals surface area contributed by atoms with Crippen LogP contribution in [-0.4, -0.2) is 43.2 Å². The molecule has 0 N–H and O–H groups in total. The zero-order valence-corrected chi connectivity index (χ0v) is 63.9. The highest BCUT2D eigenvalue weighted by molar-refractivity contribution is 6.30. The first kappa shape index (κ1) is 67.7. The molecule has 0 atom stereocenters. The van der Waals surface area contributed by atoms with E-state index in [2.05, 4.69) is 382 Å². The van der Waals surface area contributed by atoms with E-state index in [9.17, 15) is 0 Å². The molecule has 118 heavy (non-hydrogen) atoms. The first-order valence-corrected chi connectivity index (χ1v) is 40.0. The summed E-state index contributed by atoms with van der Waals surface area (Å²) in [6.45, 7) is 0. The van der Waals surface area contributed by atoms with Crippen LogP contribution in [-0.2, 0) is 0 Å². The molecule has 0 radical (unpaired) electrons. The minimum Gasteiger partial charge on any atom is -0.309 e. The van der Waals surface area contributed by atoms with Gasteiger partial charge in [-0.1, -0.05) is 291 Å². The lowest BCUT2D eigenvalue weighted by Gasteiger charge is -2.12. The van der Waals surface area contributed by atoms with E-state index in [0.29, 0.717) is 23.3 Å². The van der Waals surface area contributed by atoms with Gasteiger partial charge >= 0.3 is 0 Å². The molecule has 0 bridgehead atoms. The topological polar surface area (TPSA) is 84.2 Å². The zero-order valence-electron chi connectivity index (χ0n) is 63.9. The third kappa shape index (κ3) is 11.5. The molecule has 6 aromatic heterocycles. The fourth-order valence-electron chi connectivity index (χ4n) is 18.0. The van der Waals surface area contributed by atoms with Crippen LogP contribution in [0.4, 0.5) is 0 Å². The second kappa shape index (κ2) is 28.0. The highest BCUT2D eigenvalue weighted by Gasteiger charge is 2.25. The molecule has 24 rings (SSSR count). The van der Waals surface area contributed by atoms with Gasteiger partial charge in [-0.15, -0.1) is 0 Å². The average Bonchev–Trinajstić information content (AvgIpc) is 1.55. The summed E-state index contributed by atoms with van der Waals surface area (Å²) in [6, 6.07) is 149. The van der Waals surface area contributed by atoms with E-state index in [4.69, 9.17) is 24.9 Å². The number of fused-ring (bicyclic) bond motifs is 17. The molecule has 24 aromatic rings. The molecule has 9 heteroatoms. The number of rotatable bonds is 11. The van der Waals surface area contributed by atoms with Crippen molar-refractivity contribution in [3.63, 3.8) is 0 Å². The van der Waals surface area contributed by atoms with Crippen molar-refractivity contribution in [3.05, 3.63) is 419 Å². The largest absolute Gasteiger partial charge is 0.309 e. The molecule has 18 aromatic carbocycles. The predicted molar refractivity (Wildman–Crippen MR) is 490 cm³/mol. The normalized spacial score (nSPS) is 11.7. The number of para-hydroxylation sites is 6. The highest BCUT2D eigenvalue weighted by Crippen LogP contribution is 2.46. The zero-order chi connectivity index (χ0) is 77.7. The lowest BCUT2D eigenvalue weighted by atomic mass is 10.0. The molecule has 0 saturated carbocycles. The molecule has 0 fully saturated rings. The van der Waals surface area contributed by atoms with E-state index in [1.807, 2.05) is 54.6 Å². The summed E-state index contributed by atoms with van der Waals surface area (Å²) in [6.07, 6.45) is 0. The summed E-state index contributed by atoms with van der Waals surface area (Å²) < 4.78 is 9.64. The van der Waals surface area contributed by atoms with Crippen LogP contribution < -0.4 is 0 Å². The van der Waals surface area contributed by atoms with E-state index in [1.54, 1.807) is 0 Å². The van der Waals surface area contributed by atoms with Gasteiger partial charge < -0.3 is 18.3 Å². The Morgan fingerprint density at radius 1 is 0.144 bits per heavy atom. The van der Waals surface area contributed by atoms with Crippen molar-refractivity contribution in [1.29, 1.82) is 0 Å². The maximum Gasteiger partial charge on any atom is 0.164 e. The molecule has 0 unspecified atom stereocenters. The standard InChI is InChI=1S/C55H35N5.C54H34N4/c1-4-15-36(16-5-1)38-19-14-20-41(33-38)54-56-53(37-17-6-2-7-18-37)57-55(58-54)42-28-27-40-35-44(30-29-39(40)34-42)60-48-26-13-11-24-46(48)52-50(60)32-31-49-51(52)45-23-10-12-25-47(45)59(49)43-21-8-3-9-22-43;1-3-14-36(15-4-1)54-55-46(40-25-23-35-13-7-8-16-37(35)31-40)34-47(56-54)41-26-24-39-33-43(28-27-38(39)32-41)58-49-22-12-10-20-45(49)53-51(58)30-29-50-52(53)44-19-9-11-21-48(44)57(50)42-17-5-2-6-18-42/h1-35H;1-34H. The molecule has 550 valence electrons. The van der Waals surface area contributed by atoms with Gasteiger partial charge in [0.15, 0.2) is 23.3 Å². The maximum absolute atomic E-state index is 5.15. The average molecular weight is 1500 g/mol. The number of nitrogens with zero attached hydrogens (tertiary/aromatic N) is 9. The van der Waals surface area contributed by atoms with Gasteiger partial charge in [0.1, 0.15) is 0 Å². The van der Waals surface area contributed by atoms with Crippen LogP contribution in [0.3, 0.4) is 0 Å². The Kier molecular flexibility index (Phi) is 16.1. The maximum atomic E-state index is 5.15. The van der Waals surface area contributed by atoms with Gasteiger partial charge in [-0.25, -0.2) is 24.9 Å². The van der Waals surface area contributed by atoms with Crippen molar-refractivity contribution >= 4 is 120 Å². The van der Waals surface area contributed by atoms with E-state index in [0.717, 1.165) is 94.8 Å². The quantitative estimate of drug-likeness (QED) is 0.129. The molecule has 6 heterocycles. The van der Waals surface area contributed by atoms with E-state index in [1.165, 1.54) is 103 Å². The molecule has 0 amide bonds. The van der Waals surface area contributed by atoms with Gasteiger partial charge in [0, 0.05) is 99.2 Å². The van der Waals surface area contributed by atoms with Gasteiger partial charge in [0.2, 0.25) is 0 Å². The van der Waals surface area contributed by atoms with E-state index in [-0.39, 0.29) is 0 Å². The second-order valence-electron chi connectivity index (χ2n) is 30.3. The molecular weight excluding hydrogens is 1440 g/mol. The molecule has 0 saturated heterocycles. The van der Waals surface area contributed by atoms with Crippen LogP contribution in [0.1, 0.15) is 0 Å². The lowest BCUT2D eigenvalue weighted by Crippen LogP contribution is -2.00. The first-order valence-electron chi connectivity index (χ1n) is 40.0. The van der Waals surface area contributed by atoms with Crippen molar-refractivity contribution in [2.75, 3.05) is 0 Å². The van der Waals surface area contributed by atoms with Crippen LogP contribution >= 0.6 is 0 Å². The van der Waals surface area contributed by atoms with Gasteiger partial charge in [0.25, 0.3) is 0 Å². The van der Waals surface area contributed by atoms with E-state index >= 15 is 0 Å². The lowest BCUT2D eigenvalue weighted by molar-refractivity contribution is 1.07. The minimum atomic E-state index is 0.635. The summed E-state index contributed by atoms with van der Waals surface area (Å²) in [7, 11) is 0. The molecule has 0 aliphatic carbocycles. The van der Waals surface area contributed by atoms with Crippen molar-refractivity contribution < 1.29 is 0 Å². The molecule has 9 nitrogen and oxygen atoms in total. The van der Waals surface area contributed by atoms with Crippen molar-refractivity contribution in [1.82, 2.24) is 43.2 Å². The van der Waals surface area contributed by atoms with Crippen molar-refractivity contribution in [2.24, 2.45) is 0 Å². The van der Waals surface area contributed by atoms with Crippen molar-refractivity contribution in [2.45, 2.75) is 0 Å². The Balaban J connectivity index is 0.000000138. The van der Waals surface area contributed by atoms with Gasteiger partial charge in [0.05, 0.1) is 55.5 Å². The Morgan fingerprint density at radius 2 is 0.432 bits per heavy atom. The molecular formula is C109H69N9. The number of hydrogen-bond acceptors (Lipinski definition) is 5. The van der Waals surface area contributed by atoms with Crippen LogP contribution in [0.5, 0.6) is 0 Å². The predicted octanol–water partition coefficient (Wildman–Crippen LogP) is 27.9. The smallest absolute Gasteiger partial charge is 0.164 e. The number of benzene rings is 18. The third-order valence-electron chi connectivity index (χ3n) is 23.4. The summed E-state index contributed by atoms with van der Waals surface area (Å²) in [5.41, 5.74) is 24.1. The Bertz CT molecular complexity index is 8110. The molecule has 0 aliphatic heterocycles. The van der Waals surface area contributed by atoms with Crippen LogP contribution in [0.15, 0.2) is 419 Å². The summed E-state index contributed by atoms with van der Waals surface area (Å²) in [5, 5.41) is 17.0. The fraction of sp³-hybridized carbons (Fsp3) is 0. The Hall–Kier alpha value is -16.0. The summed E-state index contributed by atoms with van der Waals surface area (Å²) in [5.74, 6) is 2.63. The monoisotopic (exact) mass is 1500 g/mol. The van der Waals surface area contributed by atoms with E-state index < -0.39 is 0 Å². The molecule has 0 aliphatic rings. The van der Waals surface area contributed by atoms with Gasteiger partial charge in [-0.3, -0.25) is 0 Å². The van der Waals surface area contributed by atoms with Gasteiger partial charge in [-0.05, 0) is 171 Å². The van der Waals surface area contributed by atoms with Gasteiger partial charge in [-0.2, -0.15) is 0 Å². The number of hydrogen-bond donors (Lipinski definition) is 0. The SMILES string of the molecule is c1ccc(-c2cccc(-c3nc(-c4ccccc4)nc(-c4ccc5cc(-n6c7ccccc7c7c8c9ccccc9n(-c9ccccc9)c8ccc76)ccc5c4)n3)c2)cc1.c1ccc(-c2nc(-c3ccc4ccccc4c3)cc(-c3ccc4cc(-n5c6ccccc6c6c7c8ccccc8n(-c8ccccc8)c7ccc65)ccc4c3)n2)cc1. The minimum absolute atomic E-state index is 0.635. The second-order valence-corrected chi connectivity index (χ2v) is 30.3. The Labute approximate surface area is 678 Å². The van der Waals surface area contributed by atoms with Crippen LogP contribution in [0.2, 0.25) is 0 Å². The van der Waals surface area contributed by atoms with Crippen LogP contribution in [0, 0.1) is 0 Å². The fourth-order valence-corrected chi connectivity index (χ4v) is 18.0. The van der Waals surface area contributed by atoms with Crippen molar-refractivity contribution in [3.8, 4) is 102 Å². The first-order chi connectivity index (χ1) is 58.5.